The van der Waals surface area contributed by atoms with E-state index in [0.717, 1.165) is 10.8 Å². The van der Waals surface area contributed by atoms with Crippen LogP contribution >= 0.6 is 0 Å². The van der Waals surface area contributed by atoms with E-state index in [2.05, 4.69) is 5.32 Å². The largest absolute Gasteiger partial charge is 0.495 e. The van der Waals surface area contributed by atoms with Crippen LogP contribution < -0.4 is 10.1 Å². The fraction of sp³-hybridized carbons (Fsp3) is 0.312. The highest BCUT2D eigenvalue weighted by Crippen LogP contribution is 2.29. The van der Waals surface area contributed by atoms with Gasteiger partial charge in [0.05, 0.1) is 12.7 Å². The topological polar surface area (TPSA) is 38.3 Å². The molecule has 2 aromatic rings. The summed E-state index contributed by atoms with van der Waals surface area (Å²) < 4.78 is 5.43. The molecule has 2 aromatic carbocycles. The van der Waals surface area contributed by atoms with Gasteiger partial charge in [-0.1, -0.05) is 30.3 Å². The van der Waals surface area contributed by atoms with Crippen LogP contribution in [0.4, 0.5) is 0 Å². The molecule has 0 aromatic heterocycles. The van der Waals surface area contributed by atoms with Gasteiger partial charge < -0.3 is 10.1 Å². The maximum absolute atomic E-state index is 12.3. The van der Waals surface area contributed by atoms with E-state index in [0.29, 0.717) is 11.3 Å². The summed E-state index contributed by atoms with van der Waals surface area (Å²) in [5, 5.41) is 4.97. The van der Waals surface area contributed by atoms with Crippen LogP contribution in [-0.2, 0) is 0 Å². The Morgan fingerprint density at radius 2 is 1.79 bits per heavy atom. The van der Waals surface area contributed by atoms with Gasteiger partial charge in [-0.05, 0) is 32.2 Å². The smallest absolute Gasteiger partial charge is 0.255 e. The Morgan fingerprint density at radius 3 is 2.42 bits per heavy atom. The zero-order valence-electron chi connectivity index (χ0n) is 11.8. The third-order valence-corrected chi connectivity index (χ3v) is 2.82. The Hall–Kier alpha value is -2.03. The van der Waals surface area contributed by atoms with Crippen molar-refractivity contribution in [2.24, 2.45) is 0 Å². The second-order valence-electron chi connectivity index (χ2n) is 5.57. The molecule has 1 N–H and O–H groups in total. The molecule has 0 unspecified atom stereocenters. The lowest BCUT2D eigenvalue weighted by atomic mass is 10.0. The van der Waals surface area contributed by atoms with Crippen LogP contribution in [0.3, 0.4) is 0 Å². The summed E-state index contributed by atoms with van der Waals surface area (Å²) in [6.07, 6.45) is 0. The van der Waals surface area contributed by atoms with Crippen molar-refractivity contribution in [3.63, 3.8) is 0 Å². The van der Waals surface area contributed by atoms with Crippen LogP contribution in [0.15, 0.2) is 36.4 Å². The van der Waals surface area contributed by atoms with E-state index >= 15 is 0 Å². The minimum Gasteiger partial charge on any atom is -0.495 e. The number of nitrogens with one attached hydrogen (secondary N) is 1. The number of rotatable bonds is 2. The predicted octanol–water partition coefficient (Wildman–Crippen LogP) is 3.38. The molecule has 0 aliphatic rings. The Labute approximate surface area is 113 Å². The molecular formula is C16H19NO2. The summed E-state index contributed by atoms with van der Waals surface area (Å²) in [5.41, 5.74) is 0.296. The van der Waals surface area contributed by atoms with Gasteiger partial charge in [0.2, 0.25) is 0 Å². The third kappa shape index (κ3) is 2.87. The fourth-order valence-corrected chi connectivity index (χ4v) is 2.05. The molecule has 3 nitrogen and oxygen atoms in total. The van der Waals surface area contributed by atoms with Gasteiger partial charge in [0, 0.05) is 10.9 Å². The Morgan fingerprint density at radius 1 is 1.11 bits per heavy atom. The average molecular weight is 257 g/mol. The second kappa shape index (κ2) is 4.92. The molecule has 0 aliphatic carbocycles. The lowest BCUT2D eigenvalue weighted by Gasteiger charge is -2.21. The van der Waals surface area contributed by atoms with E-state index in [-0.39, 0.29) is 11.4 Å². The van der Waals surface area contributed by atoms with Crippen molar-refractivity contribution in [1.82, 2.24) is 5.32 Å². The van der Waals surface area contributed by atoms with Gasteiger partial charge in [0.1, 0.15) is 5.75 Å². The molecule has 0 heterocycles. The lowest BCUT2D eigenvalue weighted by molar-refractivity contribution is 0.0917. The first kappa shape index (κ1) is 13.4. The molecule has 2 rings (SSSR count). The van der Waals surface area contributed by atoms with Crippen molar-refractivity contribution in [3.05, 3.63) is 42.0 Å². The highest BCUT2D eigenvalue weighted by molar-refractivity contribution is 6.04. The lowest BCUT2D eigenvalue weighted by Crippen LogP contribution is -2.40. The number of benzene rings is 2. The number of hydrogen-bond acceptors (Lipinski definition) is 2. The van der Waals surface area contributed by atoms with E-state index in [9.17, 15) is 4.79 Å². The molecule has 0 saturated carbocycles. The average Bonchev–Trinajstić information content (AvgIpc) is 2.35. The van der Waals surface area contributed by atoms with Crippen molar-refractivity contribution < 1.29 is 9.53 Å². The van der Waals surface area contributed by atoms with Crippen molar-refractivity contribution in [3.8, 4) is 5.75 Å². The quantitative estimate of drug-likeness (QED) is 0.895. The van der Waals surface area contributed by atoms with Crippen LogP contribution in [0.5, 0.6) is 5.75 Å². The van der Waals surface area contributed by atoms with Crippen LogP contribution in [0.2, 0.25) is 0 Å². The SMILES string of the molecule is COc1c(C(=O)NC(C)(C)C)ccc2ccccc12. The number of ether oxygens (including phenoxy) is 1. The molecule has 19 heavy (non-hydrogen) atoms. The zero-order chi connectivity index (χ0) is 14.0. The predicted molar refractivity (Wildman–Crippen MR) is 77.7 cm³/mol. The summed E-state index contributed by atoms with van der Waals surface area (Å²) in [6.45, 7) is 5.87. The van der Waals surface area contributed by atoms with Crippen molar-refractivity contribution in [2.75, 3.05) is 7.11 Å². The number of hydrogen-bond donors (Lipinski definition) is 1. The molecular weight excluding hydrogens is 238 g/mol. The summed E-state index contributed by atoms with van der Waals surface area (Å²) in [6, 6.07) is 11.6. The number of amides is 1. The van der Waals surface area contributed by atoms with Crippen LogP contribution in [0, 0.1) is 0 Å². The third-order valence-electron chi connectivity index (χ3n) is 2.82. The molecule has 0 saturated heterocycles. The van der Waals surface area contributed by atoms with Gasteiger partial charge in [-0.15, -0.1) is 0 Å². The molecule has 0 aliphatic heterocycles. The van der Waals surface area contributed by atoms with Crippen LogP contribution in [-0.4, -0.2) is 18.6 Å². The highest BCUT2D eigenvalue weighted by atomic mass is 16.5. The van der Waals surface area contributed by atoms with E-state index in [1.54, 1.807) is 7.11 Å². The van der Waals surface area contributed by atoms with Crippen molar-refractivity contribution in [2.45, 2.75) is 26.3 Å². The summed E-state index contributed by atoms with van der Waals surface area (Å²) in [4.78, 5) is 12.3. The monoisotopic (exact) mass is 257 g/mol. The standard InChI is InChI=1S/C16H19NO2/c1-16(2,3)17-15(18)13-10-9-11-7-5-6-8-12(11)14(13)19-4/h5-10H,1-4H3,(H,17,18). The zero-order valence-corrected chi connectivity index (χ0v) is 11.8. The number of carbonyl (C=O) groups excluding carboxylic acids is 1. The van der Waals surface area contributed by atoms with Gasteiger partial charge in [-0.25, -0.2) is 0 Å². The molecule has 3 heteroatoms. The van der Waals surface area contributed by atoms with Crippen molar-refractivity contribution >= 4 is 16.7 Å². The van der Waals surface area contributed by atoms with Gasteiger partial charge >= 0.3 is 0 Å². The molecule has 100 valence electrons. The summed E-state index contributed by atoms with van der Waals surface area (Å²) in [7, 11) is 1.59. The normalized spacial score (nSPS) is 11.4. The first-order valence-electron chi connectivity index (χ1n) is 6.30. The molecule has 0 bridgehead atoms. The van der Waals surface area contributed by atoms with Crippen LogP contribution in [0.1, 0.15) is 31.1 Å². The second-order valence-corrected chi connectivity index (χ2v) is 5.57. The van der Waals surface area contributed by atoms with Crippen LogP contribution in [0.25, 0.3) is 10.8 Å². The van der Waals surface area contributed by atoms with Gasteiger partial charge in [-0.2, -0.15) is 0 Å². The summed E-state index contributed by atoms with van der Waals surface area (Å²) in [5.74, 6) is 0.509. The van der Waals surface area contributed by atoms with Crippen molar-refractivity contribution in [1.29, 1.82) is 0 Å². The summed E-state index contributed by atoms with van der Waals surface area (Å²) >= 11 is 0. The molecule has 0 atom stereocenters. The first-order valence-corrected chi connectivity index (χ1v) is 6.30. The number of methoxy groups -OCH3 is 1. The number of fused-ring (bicyclic) bond motifs is 1. The number of carbonyl (C=O) groups is 1. The minimum absolute atomic E-state index is 0.116. The molecule has 0 fully saturated rings. The van der Waals surface area contributed by atoms with Gasteiger partial charge in [-0.3, -0.25) is 4.79 Å². The van der Waals surface area contributed by atoms with E-state index in [4.69, 9.17) is 4.74 Å². The van der Waals surface area contributed by atoms with Gasteiger partial charge in [0.25, 0.3) is 5.91 Å². The minimum atomic E-state index is -0.270. The maximum Gasteiger partial charge on any atom is 0.255 e. The molecule has 0 spiro atoms. The Bertz CT molecular complexity index is 612. The highest BCUT2D eigenvalue weighted by Gasteiger charge is 2.19. The van der Waals surface area contributed by atoms with Gasteiger partial charge in [0.15, 0.2) is 0 Å². The Balaban J connectivity index is 2.52. The Kier molecular flexibility index (Phi) is 3.47. The van der Waals surface area contributed by atoms with E-state index in [1.807, 2.05) is 57.2 Å². The maximum atomic E-state index is 12.3. The van der Waals surface area contributed by atoms with E-state index < -0.39 is 0 Å². The first-order chi connectivity index (χ1) is 8.92. The molecule has 0 radical (unpaired) electrons. The fourth-order valence-electron chi connectivity index (χ4n) is 2.05. The van der Waals surface area contributed by atoms with E-state index in [1.165, 1.54) is 0 Å². The molecule has 1 amide bonds.